The van der Waals surface area contributed by atoms with Crippen LogP contribution >= 0.6 is 0 Å². The highest BCUT2D eigenvalue weighted by Gasteiger charge is 2.71. The van der Waals surface area contributed by atoms with Crippen LogP contribution < -0.4 is 0 Å². The Hall–Kier alpha value is -0.900. The molecule has 3 heteroatoms. The van der Waals surface area contributed by atoms with Crippen molar-refractivity contribution in [2.45, 2.75) is 104 Å². The molecule has 2 aliphatic heterocycles. The number of allylic oxidation sites excluding steroid dienone is 3. The zero-order valence-electron chi connectivity index (χ0n) is 21.1. The lowest BCUT2D eigenvalue weighted by Crippen LogP contribution is -2.69. The van der Waals surface area contributed by atoms with E-state index in [1.165, 1.54) is 24.8 Å². The van der Waals surface area contributed by atoms with Gasteiger partial charge < -0.3 is 5.11 Å². The summed E-state index contributed by atoms with van der Waals surface area (Å²) in [6, 6.07) is 0. The fourth-order valence-electron chi connectivity index (χ4n) is 8.62. The average Bonchev–Trinajstić information content (AvgIpc) is 3.09. The molecule has 32 heavy (non-hydrogen) atoms. The SMILES string of the molecule is CC(C)CC(C)C=CC(C)C1CCC2C34C=CC5(CC(O)CCC5(C)C3=CCC12C)OO4. The fourth-order valence-corrected chi connectivity index (χ4v) is 8.62. The first kappa shape index (κ1) is 22.9. The molecule has 6 aliphatic rings. The summed E-state index contributed by atoms with van der Waals surface area (Å²) in [5, 5.41) is 10.4. The van der Waals surface area contributed by atoms with E-state index in [0.29, 0.717) is 30.1 Å². The van der Waals surface area contributed by atoms with Crippen LogP contribution in [0.4, 0.5) is 0 Å². The van der Waals surface area contributed by atoms with Crippen LogP contribution in [0.15, 0.2) is 36.0 Å². The zero-order valence-corrected chi connectivity index (χ0v) is 21.1. The van der Waals surface area contributed by atoms with Gasteiger partial charge in [0.05, 0.1) is 6.10 Å². The maximum Gasteiger partial charge on any atom is 0.147 e. The van der Waals surface area contributed by atoms with Crippen LogP contribution in [0.1, 0.15) is 86.5 Å². The Morgan fingerprint density at radius 3 is 2.53 bits per heavy atom. The van der Waals surface area contributed by atoms with Gasteiger partial charge in [0, 0.05) is 17.8 Å². The summed E-state index contributed by atoms with van der Waals surface area (Å²) >= 11 is 0. The molecule has 2 heterocycles. The van der Waals surface area contributed by atoms with Crippen LogP contribution in [-0.2, 0) is 9.78 Å². The number of fused-ring (bicyclic) bond motifs is 2. The lowest BCUT2D eigenvalue weighted by Gasteiger charge is -2.66. The van der Waals surface area contributed by atoms with Gasteiger partial charge in [-0.25, -0.2) is 9.78 Å². The van der Waals surface area contributed by atoms with Gasteiger partial charge in [0.15, 0.2) is 0 Å². The van der Waals surface area contributed by atoms with Crippen molar-refractivity contribution in [3.8, 4) is 0 Å². The van der Waals surface area contributed by atoms with E-state index in [-0.39, 0.29) is 16.9 Å². The van der Waals surface area contributed by atoms with Crippen molar-refractivity contribution in [3.63, 3.8) is 0 Å². The normalized spacial score (nSPS) is 49.0. The van der Waals surface area contributed by atoms with Crippen molar-refractivity contribution < 1.29 is 14.9 Å². The van der Waals surface area contributed by atoms with E-state index < -0.39 is 11.2 Å². The number of aliphatic hydroxyl groups is 1. The quantitative estimate of drug-likeness (QED) is 0.378. The van der Waals surface area contributed by atoms with Crippen LogP contribution in [0.5, 0.6) is 0 Å². The number of rotatable bonds is 5. The third-order valence-corrected chi connectivity index (χ3v) is 10.3. The Kier molecular flexibility index (Phi) is 5.40. The second kappa shape index (κ2) is 7.55. The predicted molar refractivity (Wildman–Crippen MR) is 129 cm³/mol. The van der Waals surface area contributed by atoms with Gasteiger partial charge in [-0.15, -0.1) is 0 Å². The molecule has 2 saturated carbocycles. The Balaban J connectivity index is 1.44. The van der Waals surface area contributed by atoms with E-state index in [0.717, 1.165) is 25.2 Å². The maximum absolute atomic E-state index is 10.4. The lowest BCUT2D eigenvalue weighted by molar-refractivity contribution is -0.455. The van der Waals surface area contributed by atoms with Crippen LogP contribution in [0.25, 0.3) is 0 Å². The third-order valence-electron chi connectivity index (χ3n) is 10.3. The summed E-state index contributed by atoms with van der Waals surface area (Å²) < 4.78 is 0. The maximum atomic E-state index is 10.4. The highest BCUT2D eigenvalue weighted by Crippen LogP contribution is 2.71. The van der Waals surface area contributed by atoms with E-state index in [4.69, 9.17) is 9.78 Å². The van der Waals surface area contributed by atoms with E-state index in [2.05, 4.69) is 71.9 Å². The minimum atomic E-state index is -0.507. The van der Waals surface area contributed by atoms with Gasteiger partial charge in [-0.1, -0.05) is 59.8 Å². The molecule has 0 amide bonds. The molecular weight excluding hydrogens is 396 g/mol. The third kappa shape index (κ3) is 3.03. The molecule has 3 fully saturated rings. The summed E-state index contributed by atoms with van der Waals surface area (Å²) in [6.07, 6.45) is 19.1. The minimum absolute atomic E-state index is 0.0730. The molecule has 0 aromatic carbocycles. The van der Waals surface area contributed by atoms with Crippen molar-refractivity contribution in [1.82, 2.24) is 0 Å². The highest BCUT2D eigenvalue weighted by atomic mass is 17.2. The molecule has 2 spiro atoms. The topological polar surface area (TPSA) is 38.7 Å². The van der Waals surface area contributed by atoms with Crippen LogP contribution in [0.3, 0.4) is 0 Å². The molecule has 1 N–H and O–H groups in total. The Morgan fingerprint density at radius 1 is 1.06 bits per heavy atom. The second-order valence-corrected chi connectivity index (χ2v) is 12.8. The van der Waals surface area contributed by atoms with Gasteiger partial charge in [0.25, 0.3) is 0 Å². The van der Waals surface area contributed by atoms with Gasteiger partial charge in [-0.2, -0.15) is 0 Å². The van der Waals surface area contributed by atoms with E-state index >= 15 is 0 Å². The van der Waals surface area contributed by atoms with Crippen molar-refractivity contribution in [1.29, 1.82) is 0 Å². The first-order valence-electron chi connectivity index (χ1n) is 13.2. The van der Waals surface area contributed by atoms with Crippen molar-refractivity contribution in [2.75, 3.05) is 0 Å². The largest absolute Gasteiger partial charge is 0.393 e. The average molecular weight is 441 g/mol. The molecule has 0 aromatic rings. The Morgan fingerprint density at radius 2 is 1.84 bits per heavy atom. The van der Waals surface area contributed by atoms with Crippen LogP contribution in [0, 0.1) is 40.4 Å². The molecule has 4 aliphatic carbocycles. The monoisotopic (exact) mass is 440 g/mol. The summed E-state index contributed by atoms with van der Waals surface area (Å²) in [5.41, 5.74) is 0.657. The van der Waals surface area contributed by atoms with Gasteiger partial charge >= 0.3 is 0 Å². The summed E-state index contributed by atoms with van der Waals surface area (Å²) in [6.45, 7) is 14.3. The first-order chi connectivity index (χ1) is 15.1. The highest BCUT2D eigenvalue weighted by molar-refractivity contribution is 5.48. The Labute approximate surface area is 195 Å². The molecule has 6 rings (SSSR count). The zero-order chi connectivity index (χ0) is 22.9. The summed E-state index contributed by atoms with van der Waals surface area (Å²) in [4.78, 5) is 12.7. The molecule has 9 unspecified atom stereocenters. The van der Waals surface area contributed by atoms with Crippen molar-refractivity contribution in [3.05, 3.63) is 36.0 Å². The van der Waals surface area contributed by atoms with Crippen LogP contribution in [0.2, 0.25) is 0 Å². The molecule has 0 radical (unpaired) electrons. The van der Waals surface area contributed by atoms with Gasteiger partial charge in [0.2, 0.25) is 0 Å². The Bertz CT molecular complexity index is 841. The van der Waals surface area contributed by atoms with Gasteiger partial charge in [-0.3, -0.25) is 0 Å². The minimum Gasteiger partial charge on any atom is -0.393 e. The standard InChI is InChI=1S/C29H44O3/c1-19(2)17-20(3)7-8-21(4)23-9-10-24-26(23,5)13-12-25-27(6)14-11-22(30)18-28(27)15-16-29(24,25)32-31-28/h7-8,12,15-16,19-24,30H,9-11,13-14,17-18H2,1-6H3. The van der Waals surface area contributed by atoms with Gasteiger partial charge in [-0.05, 0) is 85.3 Å². The van der Waals surface area contributed by atoms with Gasteiger partial charge in [0.1, 0.15) is 11.2 Å². The smallest absolute Gasteiger partial charge is 0.147 e. The molecule has 1 saturated heterocycles. The molecule has 9 atom stereocenters. The van der Waals surface area contributed by atoms with E-state index in [1.54, 1.807) is 0 Å². The lowest BCUT2D eigenvalue weighted by atomic mass is 9.47. The van der Waals surface area contributed by atoms with E-state index in [9.17, 15) is 5.11 Å². The van der Waals surface area contributed by atoms with E-state index in [1.807, 2.05) is 0 Å². The summed E-state index contributed by atoms with van der Waals surface area (Å²) in [7, 11) is 0. The summed E-state index contributed by atoms with van der Waals surface area (Å²) in [5.74, 6) is 3.07. The molecular formula is C29H44O3. The predicted octanol–water partition coefficient (Wildman–Crippen LogP) is 6.78. The number of hydrogen-bond acceptors (Lipinski definition) is 3. The molecule has 178 valence electrons. The second-order valence-electron chi connectivity index (χ2n) is 12.8. The number of aliphatic hydroxyl groups excluding tert-OH is 1. The number of hydrogen-bond donors (Lipinski definition) is 1. The first-order valence-corrected chi connectivity index (χ1v) is 13.2. The molecule has 2 bridgehead atoms. The fraction of sp³-hybridized carbons (Fsp3) is 0.793. The molecule has 0 aromatic heterocycles. The molecule has 3 nitrogen and oxygen atoms in total. The van der Waals surface area contributed by atoms with Crippen molar-refractivity contribution >= 4 is 0 Å². The van der Waals surface area contributed by atoms with Crippen LogP contribution in [-0.4, -0.2) is 22.4 Å². The van der Waals surface area contributed by atoms with Crippen molar-refractivity contribution in [2.24, 2.45) is 40.4 Å².